The van der Waals surface area contributed by atoms with Crippen LogP contribution in [-0.4, -0.2) is 37.4 Å². The van der Waals surface area contributed by atoms with Gasteiger partial charge in [-0.1, -0.05) is 11.6 Å². The van der Waals surface area contributed by atoms with Crippen LogP contribution in [0.25, 0.3) is 5.52 Å². The lowest BCUT2D eigenvalue weighted by Crippen LogP contribution is -2.29. The number of pyridine rings is 1. The molecule has 0 bridgehead atoms. The van der Waals surface area contributed by atoms with E-state index < -0.39 is 0 Å². The highest BCUT2D eigenvalue weighted by Gasteiger charge is 2.43. The van der Waals surface area contributed by atoms with E-state index in [9.17, 15) is 4.79 Å². The third-order valence-electron chi connectivity index (χ3n) is 5.63. The highest BCUT2D eigenvalue weighted by Crippen LogP contribution is 2.54. The first kappa shape index (κ1) is 18.7. The van der Waals surface area contributed by atoms with Crippen LogP contribution >= 0.6 is 23.4 Å². The SMILES string of the molecule is CCOC(=O)[C@H]1CCC2c3c(Nc4cc5ccnn5cc4Cl)ncnc3SC2C1. The number of fused-ring (bicyclic) bond motifs is 4. The number of carbonyl (C=O) groups is 1. The minimum Gasteiger partial charge on any atom is -0.466 e. The molecule has 29 heavy (non-hydrogen) atoms. The highest BCUT2D eigenvalue weighted by atomic mass is 35.5. The largest absolute Gasteiger partial charge is 0.466 e. The van der Waals surface area contributed by atoms with E-state index in [0.717, 1.165) is 46.9 Å². The standard InChI is InChI=1S/C20H20ClN5O2S/c1-2-28-20(27)11-3-4-13-16(7-11)29-19-17(13)18(22-10-23-19)25-15-8-12-5-6-24-26(12)9-14(15)21/h5-6,8-11,13,16H,2-4,7H2,1H3,(H,22,23,25)/t11-,13?,16?/m0/s1. The summed E-state index contributed by atoms with van der Waals surface area (Å²) in [5.41, 5.74) is 2.87. The molecular formula is C20H20ClN5O2S. The quantitative estimate of drug-likeness (QED) is 0.484. The first-order valence-electron chi connectivity index (χ1n) is 9.72. The summed E-state index contributed by atoms with van der Waals surface area (Å²) >= 11 is 8.20. The van der Waals surface area contributed by atoms with E-state index in [-0.39, 0.29) is 11.9 Å². The number of hydrogen-bond donors (Lipinski definition) is 1. The Kier molecular flexibility index (Phi) is 4.83. The maximum Gasteiger partial charge on any atom is 0.308 e. The Hall–Kier alpha value is -2.32. The summed E-state index contributed by atoms with van der Waals surface area (Å²) in [4.78, 5) is 21.2. The molecule has 7 nitrogen and oxygen atoms in total. The number of anilines is 2. The molecule has 0 radical (unpaired) electrons. The van der Waals surface area contributed by atoms with Crippen LogP contribution in [0.5, 0.6) is 0 Å². The average Bonchev–Trinajstić information content (AvgIpc) is 3.31. The van der Waals surface area contributed by atoms with Crippen molar-refractivity contribution in [2.45, 2.75) is 42.4 Å². The number of hydrogen-bond acceptors (Lipinski definition) is 7. The molecule has 3 aromatic heterocycles. The number of halogens is 1. The molecule has 150 valence electrons. The van der Waals surface area contributed by atoms with Crippen molar-refractivity contribution in [2.24, 2.45) is 5.92 Å². The molecule has 0 spiro atoms. The number of aromatic nitrogens is 4. The molecule has 0 aromatic carbocycles. The van der Waals surface area contributed by atoms with Crippen molar-refractivity contribution in [3.05, 3.63) is 41.4 Å². The Labute approximate surface area is 177 Å². The van der Waals surface area contributed by atoms with Crippen molar-refractivity contribution in [1.29, 1.82) is 0 Å². The summed E-state index contributed by atoms with van der Waals surface area (Å²) in [5, 5.41) is 9.50. The maximum absolute atomic E-state index is 12.2. The summed E-state index contributed by atoms with van der Waals surface area (Å²) in [6, 6.07) is 3.88. The van der Waals surface area contributed by atoms with Crippen molar-refractivity contribution >= 4 is 46.4 Å². The van der Waals surface area contributed by atoms with Crippen LogP contribution in [0.15, 0.2) is 35.9 Å². The van der Waals surface area contributed by atoms with Gasteiger partial charge in [-0.2, -0.15) is 5.10 Å². The van der Waals surface area contributed by atoms with Gasteiger partial charge in [0.25, 0.3) is 0 Å². The van der Waals surface area contributed by atoms with Gasteiger partial charge in [0.05, 0.1) is 28.8 Å². The molecule has 0 saturated heterocycles. The van der Waals surface area contributed by atoms with Crippen molar-refractivity contribution in [1.82, 2.24) is 19.6 Å². The van der Waals surface area contributed by atoms with E-state index in [2.05, 4.69) is 20.4 Å². The molecule has 1 aliphatic heterocycles. The van der Waals surface area contributed by atoms with Crippen LogP contribution in [-0.2, 0) is 9.53 Å². The zero-order valence-corrected chi connectivity index (χ0v) is 17.4. The predicted molar refractivity (Wildman–Crippen MR) is 112 cm³/mol. The van der Waals surface area contributed by atoms with Gasteiger partial charge in [-0.25, -0.2) is 14.5 Å². The summed E-state index contributed by atoms with van der Waals surface area (Å²) in [5.74, 6) is 1.01. The van der Waals surface area contributed by atoms with E-state index >= 15 is 0 Å². The summed E-state index contributed by atoms with van der Waals surface area (Å²) in [6.07, 6.45) is 7.67. The average molecular weight is 430 g/mol. The molecule has 4 heterocycles. The minimum atomic E-state index is -0.0761. The van der Waals surface area contributed by atoms with E-state index in [1.54, 1.807) is 35.0 Å². The molecule has 1 aliphatic carbocycles. The van der Waals surface area contributed by atoms with Crippen molar-refractivity contribution in [3.63, 3.8) is 0 Å². The number of esters is 1. The number of thioether (sulfide) groups is 1. The maximum atomic E-state index is 12.2. The monoisotopic (exact) mass is 429 g/mol. The number of carbonyl (C=O) groups excluding carboxylic acids is 1. The second-order valence-corrected chi connectivity index (χ2v) is 8.96. The fourth-order valence-corrected chi connectivity index (χ4v) is 6.01. The lowest BCUT2D eigenvalue weighted by molar-refractivity contribution is -0.149. The molecule has 3 atom stereocenters. The second kappa shape index (κ2) is 7.50. The molecule has 2 aliphatic rings. The lowest BCUT2D eigenvalue weighted by atomic mass is 9.79. The van der Waals surface area contributed by atoms with E-state index in [1.807, 2.05) is 19.1 Å². The summed E-state index contributed by atoms with van der Waals surface area (Å²) in [6.45, 7) is 2.28. The van der Waals surface area contributed by atoms with Crippen LogP contribution in [0, 0.1) is 5.92 Å². The van der Waals surface area contributed by atoms with E-state index in [1.165, 1.54) is 0 Å². The normalized spacial score (nSPS) is 22.9. The molecule has 2 unspecified atom stereocenters. The summed E-state index contributed by atoms with van der Waals surface area (Å²) < 4.78 is 6.98. The highest BCUT2D eigenvalue weighted by molar-refractivity contribution is 8.00. The number of ether oxygens (including phenoxy) is 1. The smallest absolute Gasteiger partial charge is 0.308 e. The Morgan fingerprint density at radius 3 is 3.17 bits per heavy atom. The number of nitrogens with one attached hydrogen (secondary N) is 1. The van der Waals surface area contributed by atoms with Gasteiger partial charge in [0, 0.05) is 29.1 Å². The zero-order valence-electron chi connectivity index (χ0n) is 15.8. The van der Waals surface area contributed by atoms with Gasteiger partial charge in [0.2, 0.25) is 0 Å². The molecule has 1 fully saturated rings. The Balaban J connectivity index is 1.42. The molecule has 5 rings (SSSR count). The van der Waals surface area contributed by atoms with Crippen molar-refractivity contribution < 1.29 is 9.53 Å². The third-order valence-corrected chi connectivity index (χ3v) is 7.31. The fourth-order valence-electron chi connectivity index (χ4n) is 4.28. The fraction of sp³-hybridized carbons (Fsp3) is 0.400. The molecule has 1 saturated carbocycles. The van der Waals surface area contributed by atoms with Crippen LogP contribution in [0.4, 0.5) is 11.5 Å². The van der Waals surface area contributed by atoms with Crippen molar-refractivity contribution in [2.75, 3.05) is 11.9 Å². The van der Waals surface area contributed by atoms with E-state index in [0.29, 0.717) is 22.8 Å². The topological polar surface area (TPSA) is 81.4 Å². The molecule has 0 amide bonds. The molecule has 1 N–H and O–H groups in total. The molecule has 9 heteroatoms. The van der Waals surface area contributed by atoms with E-state index in [4.69, 9.17) is 16.3 Å². The Bertz CT molecular complexity index is 1090. The second-order valence-electron chi connectivity index (χ2n) is 7.33. The van der Waals surface area contributed by atoms with Crippen LogP contribution in [0.3, 0.4) is 0 Å². The summed E-state index contributed by atoms with van der Waals surface area (Å²) in [7, 11) is 0. The van der Waals surface area contributed by atoms with Gasteiger partial charge >= 0.3 is 5.97 Å². The van der Waals surface area contributed by atoms with Gasteiger partial charge in [0.15, 0.2) is 0 Å². The Morgan fingerprint density at radius 1 is 1.41 bits per heavy atom. The lowest BCUT2D eigenvalue weighted by Gasteiger charge is -2.30. The zero-order chi connectivity index (χ0) is 20.0. The van der Waals surface area contributed by atoms with Gasteiger partial charge in [-0.05, 0) is 38.3 Å². The van der Waals surface area contributed by atoms with Gasteiger partial charge < -0.3 is 10.1 Å². The third kappa shape index (κ3) is 3.34. The molecule has 3 aromatic rings. The Morgan fingerprint density at radius 2 is 2.31 bits per heavy atom. The minimum absolute atomic E-state index is 0.0268. The van der Waals surface area contributed by atoms with Crippen LogP contribution in [0.2, 0.25) is 5.02 Å². The van der Waals surface area contributed by atoms with Crippen molar-refractivity contribution in [3.8, 4) is 0 Å². The van der Waals surface area contributed by atoms with Crippen LogP contribution < -0.4 is 5.32 Å². The number of nitrogens with zero attached hydrogens (tertiary/aromatic N) is 4. The van der Waals surface area contributed by atoms with Gasteiger partial charge in [-0.15, -0.1) is 11.8 Å². The predicted octanol–water partition coefficient (Wildman–Crippen LogP) is 4.44. The van der Waals surface area contributed by atoms with Gasteiger partial charge in [-0.3, -0.25) is 4.79 Å². The number of rotatable bonds is 4. The first-order valence-corrected chi connectivity index (χ1v) is 11.0. The van der Waals surface area contributed by atoms with Crippen LogP contribution in [0.1, 0.15) is 37.7 Å². The molecular weight excluding hydrogens is 410 g/mol. The first-order chi connectivity index (χ1) is 14.1. The van der Waals surface area contributed by atoms with Gasteiger partial charge in [0.1, 0.15) is 17.2 Å².